The maximum atomic E-state index is 14.8. The van der Waals surface area contributed by atoms with Crippen LogP contribution in [0, 0.1) is 22.7 Å². The lowest BCUT2D eigenvalue weighted by molar-refractivity contribution is -0.204. The summed E-state index contributed by atoms with van der Waals surface area (Å²) in [4.78, 5) is 8.30. The number of nitrogens with zero attached hydrogens (tertiary/aromatic N) is 6. The molecule has 0 spiro atoms. The van der Waals surface area contributed by atoms with Gasteiger partial charge in [0.05, 0.1) is 29.5 Å². The van der Waals surface area contributed by atoms with Crippen LogP contribution in [0.25, 0.3) is 5.52 Å². The summed E-state index contributed by atoms with van der Waals surface area (Å²) in [6, 6.07) is 17.3. The molecule has 2 aliphatic rings. The van der Waals surface area contributed by atoms with Crippen molar-refractivity contribution in [3.05, 3.63) is 77.3 Å². The lowest BCUT2D eigenvalue weighted by Gasteiger charge is -2.30. The minimum atomic E-state index is -4.67. The van der Waals surface area contributed by atoms with Gasteiger partial charge in [0, 0.05) is 18.9 Å². The molecule has 3 aromatic heterocycles. The first-order valence-corrected chi connectivity index (χ1v) is 23.3. The maximum Gasteiger partial charge on any atom is 0.530 e. The first-order chi connectivity index (χ1) is 30.0. The van der Waals surface area contributed by atoms with Crippen LogP contribution in [0.3, 0.4) is 0 Å². The van der Waals surface area contributed by atoms with E-state index in [1.807, 2.05) is 6.07 Å². The van der Waals surface area contributed by atoms with Gasteiger partial charge in [0.25, 0.3) is 0 Å². The molecule has 2 saturated heterocycles. The summed E-state index contributed by atoms with van der Waals surface area (Å²) in [6.45, 7) is 5.20. The molecule has 0 bridgehead atoms. The van der Waals surface area contributed by atoms with Gasteiger partial charge in [0.1, 0.15) is 60.8 Å². The number of hydrogen-bond donors (Lipinski definition) is 1. The van der Waals surface area contributed by atoms with E-state index in [0.29, 0.717) is 23.4 Å². The van der Waals surface area contributed by atoms with Crippen LogP contribution in [0.15, 0.2) is 61.1 Å². The molecule has 6 atom stereocenters. The first-order valence-electron chi connectivity index (χ1n) is 21.5. The van der Waals surface area contributed by atoms with Crippen molar-refractivity contribution in [2.75, 3.05) is 32.2 Å². The van der Waals surface area contributed by atoms with E-state index >= 15 is 0 Å². The zero-order chi connectivity index (χ0) is 44.0. The van der Waals surface area contributed by atoms with Crippen LogP contribution in [-0.2, 0) is 32.6 Å². The fraction of sp³-hybridized carbons (Fsp3) is 0.568. The van der Waals surface area contributed by atoms with Gasteiger partial charge in [-0.1, -0.05) is 101 Å². The summed E-state index contributed by atoms with van der Waals surface area (Å²) < 4.78 is 65.5. The second kappa shape index (κ2) is 22.3. The van der Waals surface area contributed by atoms with Crippen molar-refractivity contribution in [2.24, 2.45) is 0 Å². The van der Waals surface area contributed by atoms with Gasteiger partial charge >= 0.3 is 7.82 Å². The Morgan fingerprint density at radius 1 is 0.903 bits per heavy atom. The molecule has 1 unspecified atom stereocenters. The molecular weight excluding hydrogens is 837 g/mol. The zero-order valence-electron chi connectivity index (χ0n) is 35.7. The molecule has 2 aliphatic heterocycles. The van der Waals surface area contributed by atoms with E-state index in [9.17, 15) is 15.1 Å². The minimum absolute atomic E-state index is 0.0135. The van der Waals surface area contributed by atoms with Gasteiger partial charge < -0.3 is 33.9 Å². The molecule has 1 aromatic carbocycles. The number of nitriles is 2. The maximum absolute atomic E-state index is 14.8. The Morgan fingerprint density at radius 2 is 1.63 bits per heavy atom. The Bertz CT molecular complexity index is 2180. The standard InChI is InChI=1S/C44H57ClN7O9P/c1-4-5-6-7-8-9-10-11-12-13-14-17-24-54-27-33(57-38-23-20-32(25-46)26-49-38)28-55-62(53,61-37-19-16-15-18-34(37)45)56-30-44(29-47)41-40(58-43(2,3)60-41)39(59-44)35-21-22-36-42(48)50-31-51-52(35)36/h15-16,18-23,26,31,33,39-41H,4-14,17,24,27-28,30H2,1-3H3,(H2,48,50,51)/t33-,39+,40+,41+,44-,62?/m1/s1. The number of halogens is 1. The number of anilines is 1. The molecule has 0 saturated carbocycles. The van der Waals surface area contributed by atoms with Gasteiger partial charge in [-0.15, -0.1) is 0 Å². The van der Waals surface area contributed by atoms with Gasteiger partial charge in [-0.25, -0.2) is 19.0 Å². The molecule has 16 nitrogen and oxygen atoms in total. The summed E-state index contributed by atoms with van der Waals surface area (Å²) in [7, 11) is -4.67. The highest BCUT2D eigenvalue weighted by molar-refractivity contribution is 7.49. The van der Waals surface area contributed by atoms with E-state index in [0.717, 1.165) is 19.3 Å². The first kappa shape index (κ1) is 47.1. The van der Waals surface area contributed by atoms with Gasteiger partial charge in [-0.05, 0) is 50.6 Å². The molecule has 6 rings (SSSR count). The topological polar surface area (TPSA) is 208 Å². The average Bonchev–Trinajstić information content (AvgIpc) is 3.93. The van der Waals surface area contributed by atoms with E-state index in [-0.39, 0.29) is 35.7 Å². The number of nitrogens with two attached hydrogens (primary N) is 1. The summed E-state index contributed by atoms with van der Waals surface area (Å²) >= 11 is 6.45. The van der Waals surface area contributed by atoms with Gasteiger partial charge in [0.2, 0.25) is 11.5 Å². The zero-order valence-corrected chi connectivity index (χ0v) is 37.3. The number of unbranched alkanes of at least 4 members (excludes halogenated alkanes) is 11. The summed E-state index contributed by atoms with van der Waals surface area (Å²) in [5, 5.41) is 24.6. The third kappa shape index (κ3) is 12.4. The molecule has 334 valence electrons. The van der Waals surface area contributed by atoms with Crippen molar-refractivity contribution in [2.45, 2.75) is 134 Å². The lowest BCUT2D eigenvalue weighted by Crippen LogP contribution is -2.46. The molecule has 5 heterocycles. The van der Waals surface area contributed by atoms with Gasteiger partial charge in [-0.2, -0.15) is 15.6 Å². The van der Waals surface area contributed by atoms with Crippen LogP contribution in [0.4, 0.5) is 5.82 Å². The monoisotopic (exact) mass is 893 g/mol. The largest absolute Gasteiger partial charge is 0.530 e. The number of para-hydroxylation sites is 1. The number of hydrogen-bond acceptors (Lipinski definition) is 15. The van der Waals surface area contributed by atoms with E-state index < -0.39 is 50.2 Å². The number of ether oxygens (including phenoxy) is 5. The number of phosphoric acid groups is 1. The van der Waals surface area contributed by atoms with Crippen molar-refractivity contribution in [3.63, 3.8) is 0 Å². The van der Waals surface area contributed by atoms with Crippen LogP contribution >= 0.6 is 19.4 Å². The van der Waals surface area contributed by atoms with Crippen molar-refractivity contribution in [3.8, 4) is 23.8 Å². The highest BCUT2D eigenvalue weighted by atomic mass is 35.5. The Morgan fingerprint density at radius 3 is 2.31 bits per heavy atom. The second-order valence-electron chi connectivity index (χ2n) is 16.0. The summed E-state index contributed by atoms with van der Waals surface area (Å²) in [6.07, 6.45) is 13.8. The quantitative estimate of drug-likeness (QED) is 0.0460. The lowest BCUT2D eigenvalue weighted by atomic mass is 9.96. The molecule has 62 heavy (non-hydrogen) atoms. The molecule has 2 N–H and O–H groups in total. The number of nitrogen functional groups attached to an aromatic ring is 1. The fourth-order valence-electron chi connectivity index (χ4n) is 7.53. The van der Waals surface area contributed by atoms with E-state index in [1.54, 1.807) is 60.8 Å². The number of rotatable bonds is 26. The van der Waals surface area contributed by atoms with Crippen molar-refractivity contribution < 1.29 is 41.8 Å². The van der Waals surface area contributed by atoms with Crippen LogP contribution in [0.1, 0.15) is 115 Å². The van der Waals surface area contributed by atoms with E-state index in [1.165, 1.54) is 76.4 Å². The minimum Gasteiger partial charge on any atom is -0.469 e. The highest BCUT2D eigenvalue weighted by Gasteiger charge is 2.65. The Hall–Kier alpha value is -4.35. The summed E-state index contributed by atoms with van der Waals surface area (Å²) in [5.41, 5.74) is 5.64. The molecule has 0 aliphatic carbocycles. The Kier molecular flexibility index (Phi) is 17.0. The molecule has 18 heteroatoms. The second-order valence-corrected chi connectivity index (χ2v) is 18.0. The van der Waals surface area contributed by atoms with Crippen molar-refractivity contribution in [1.82, 2.24) is 19.6 Å². The van der Waals surface area contributed by atoms with Gasteiger partial charge in [0.15, 0.2) is 11.6 Å². The third-order valence-electron chi connectivity index (χ3n) is 10.7. The molecule has 2 fully saturated rings. The fourth-order valence-corrected chi connectivity index (χ4v) is 9.04. The highest BCUT2D eigenvalue weighted by Crippen LogP contribution is 2.55. The predicted octanol–water partition coefficient (Wildman–Crippen LogP) is 9.47. The van der Waals surface area contributed by atoms with E-state index in [2.05, 4.69) is 28.1 Å². The molecule has 0 amide bonds. The van der Waals surface area contributed by atoms with Crippen LogP contribution in [-0.4, -0.2) is 75.7 Å². The number of phosphoric ester groups is 1. The smallest absolute Gasteiger partial charge is 0.469 e. The molecular formula is C44H57ClN7O9P. The van der Waals surface area contributed by atoms with Crippen molar-refractivity contribution >= 4 is 30.8 Å². The molecule has 0 radical (unpaired) electrons. The Balaban J connectivity index is 1.13. The number of aromatic nitrogens is 4. The SMILES string of the molecule is CCCCCCCCCCCCCCOC[C@H](COP(=O)(OC[C@@]1(C#N)O[C@@H](c2ccc3c(N)ncnn23)[C@@H]2OC(C)(C)O[C@@H]21)Oc1ccccc1Cl)Oc1ccc(C#N)cn1. The summed E-state index contributed by atoms with van der Waals surface area (Å²) in [5.74, 6) is -0.660. The molecule has 4 aromatic rings. The predicted molar refractivity (Wildman–Crippen MR) is 230 cm³/mol. The third-order valence-corrected chi connectivity index (χ3v) is 12.4. The van der Waals surface area contributed by atoms with Crippen LogP contribution in [0.5, 0.6) is 11.6 Å². The number of fused-ring (bicyclic) bond motifs is 2. The van der Waals surface area contributed by atoms with Crippen molar-refractivity contribution in [1.29, 1.82) is 10.5 Å². The van der Waals surface area contributed by atoms with Crippen LogP contribution < -0.4 is 15.0 Å². The normalized spacial score (nSPS) is 21.8. The van der Waals surface area contributed by atoms with Gasteiger partial charge in [-0.3, -0.25) is 9.05 Å². The number of pyridine rings is 1. The number of benzene rings is 1. The average molecular weight is 894 g/mol. The van der Waals surface area contributed by atoms with E-state index in [4.69, 9.17) is 54.6 Å². The Labute approximate surface area is 368 Å². The van der Waals surface area contributed by atoms with Crippen LogP contribution in [0.2, 0.25) is 5.02 Å².